The number of nitrogens with one attached hydrogen (secondary N) is 1. The van der Waals surface area contributed by atoms with Gasteiger partial charge in [-0.05, 0) is 39.3 Å². The van der Waals surface area contributed by atoms with Crippen molar-refractivity contribution < 1.29 is 4.39 Å². The van der Waals surface area contributed by atoms with Crippen LogP contribution in [0.25, 0.3) is 0 Å². The highest BCUT2D eigenvalue weighted by Gasteiger charge is 2.14. The lowest BCUT2D eigenvalue weighted by Gasteiger charge is -2.21. The fraction of sp³-hybridized carbons (Fsp3) is 0.692. The Labute approximate surface area is 102 Å². The van der Waals surface area contributed by atoms with E-state index >= 15 is 0 Å². The Morgan fingerprint density at radius 1 is 1.31 bits per heavy atom. The van der Waals surface area contributed by atoms with E-state index in [2.05, 4.69) is 39.1 Å². The van der Waals surface area contributed by atoms with Crippen LogP contribution in [-0.4, -0.2) is 18.3 Å². The van der Waals surface area contributed by atoms with Crippen molar-refractivity contribution in [1.82, 2.24) is 5.32 Å². The topological polar surface area (TPSA) is 12.0 Å². The quantitative estimate of drug-likeness (QED) is 0.833. The van der Waals surface area contributed by atoms with E-state index in [-0.39, 0.29) is 5.54 Å². The standard InChI is InChI=1S/C13H22FNS/c1-5-11-6-7-12(16-11)8-10(14)9-15-13(2,3)4/h6-7,10,15H,5,8-9H2,1-4H3. The normalized spacial score (nSPS) is 14.1. The molecule has 1 nitrogen and oxygen atoms in total. The molecule has 0 aliphatic carbocycles. The maximum Gasteiger partial charge on any atom is 0.117 e. The molecule has 0 spiro atoms. The highest BCUT2D eigenvalue weighted by Crippen LogP contribution is 2.19. The summed E-state index contributed by atoms with van der Waals surface area (Å²) < 4.78 is 13.7. The largest absolute Gasteiger partial charge is 0.309 e. The van der Waals surface area contributed by atoms with Gasteiger partial charge in [0.05, 0.1) is 0 Å². The van der Waals surface area contributed by atoms with Gasteiger partial charge < -0.3 is 5.32 Å². The van der Waals surface area contributed by atoms with Gasteiger partial charge in [-0.1, -0.05) is 6.92 Å². The summed E-state index contributed by atoms with van der Waals surface area (Å²) in [5.41, 5.74) is -0.00559. The average Bonchev–Trinajstić information content (AvgIpc) is 2.61. The number of aryl methyl sites for hydroxylation is 1. The van der Waals surface area contributed by atoms with Crippen LogP contribution < -0.4 is 5.32 Å². The van der Waals surface area contributed by atoms with Gasteiger partial charge in [-0.15, -0.1) is 11.3 Å². The lowest BCUT2D eigenvalue weighted by Crippen LogP contribution is -2.40. The van der Waals surface area contributed by atoms with Gasteiger partial charge in [-0.25, -0.2) is 4.39 Å². The molecule has 1 N–H and O–H groups in total. The third-order valence-electron chi connectivity index (χ3n) is 2.34. The van der Waals surface area contributed by atoms with Crippen molar-refractivity contribution >= 4 is 11.3 Å². The molecule has 1 heterocycles. The first-order valence-corrected chi connectivity index (χ1v) is 6.69. The summed E-state index contributed by atoms with van der Waals surface area (Å²) in [5, 5.41) is 3.19. The molecule has 1 rings (SSSR count). The summed E-state index contributed by atoms with van der Waals surface area (Å²) in [7, 11) is 0. The van der Waals surface area contributed by atoms with E-state index in [1.165, 1.54) is 4.88 Å². The second-order valence-corrected chi connectivity index (χ2v) is 6.41. The SMILES string of the molecule is CCc1ccc(CC(F)CNC(C)(C)C)s1. The van der Waals surface area contributed by atoms with Crippen LogP contribution >= 0.6 is 11.3 Å². The molecule has 1 aromatic rings. The van der Waals surface area contributed by atoms with Crippen molar-refractivity contribution in [1.29, 1.82) is 0 Å². The molecule has 0 saturated carbocycles. The van der Waals surface area contributed by atoms with Gasteiger partial charge in [-0.2, -0.15) is 0 Å². The molecule has 0 aliphatic heterocycles. The van der Waals surface area contributed by atoms with E-state index in [9.17, 15) is 4.39 Å². The highest BCUT2D eigenvalue weighted by molar-refractivity contribution is 7.11. The summed E-state index contributed by atoms with van der Waals surface area (Å²) in [4.78, 5) is 2.49. The van der Waals surface area contributed by atoms with Crippen LogP contribution in [0, 0.1) is 0 Å². The first-order chi connectivity index (χ1) is 7.40. The molecule has 0 saturated heterocycles. The van der Waals surface area contributed by atoms with Crippen LogP contribution in [0.5, 0.6) is 0 Å². The minimum Gasteiger partial charge on any atom is -0.309 e. The first-order valence-electron chi connectivity index (χ1n) is 5.87. The minimum absolute atomic E-state index is 0.00559. The summed E-state index contributed by atoms with van der Waals surface area (Å²) in [6.45, 7) is 8.73. The molecule has 0 fully saturated rings. The Kier molecular flexibility index (Phi) is 4.93. The van der Waals surface area contributed by atoms with E-state index in [1.54, 1.807) is 11.3 Å². The van der Waals surface area contributed by atoms with Gasteiger partial charge in [-0.3, -0.25) is 0 Å². The van der Waals surface area contributed by atoms with Crippen LogP contribution in [0.15, 0.2) is 12.1 Å². The molecule has 0 aliphatic rings. The second kappa shape index (κ2) is 5.78. The Morgan fingerprint density at radius 2 is 1.94 bits per heavy atom. The lowest BCUT2D eigenvalue weighted by atomic mass is 10.1. The zero-order valence-electron chi connectivity index (χ0n) is 10.6. The fourth-order valence-electron chi connectivity index (χ4n) is 1.43. The van der Waals surface area contributed by atoms with Gasteiger partial charge in [0.2, 0.25) is 0 Å². The number of rotatable bonds is 5. The number of hydrogen-bond acceptors (Lipinski definition) is 2. The van der Waals surface area contributed by atoms with E-state index in [4.69, 9.17) is 0 Å². The van der Waals surface area contributed by atoms with Crippen molar-refractivity contribution in [2.45, 2.75) is 52.2 Å². The second-order valence-electron chi connectivity index (χ2n) is 5.15. The van der Waals surface area contributed by atoms with Gasteiger partial charge in [0.25, 0.3) is 0 Å². The zero-order valence-corrected chi connectivity index (χ0v) is 11.5. The van der Waals surface area contributed by atoms with E-state index in [0.29, 0.717) is 13.0 Å². The molecule has 92 valence electrons. The molecule has 1 aromatic heterocycles. The van der Waals surface area contributed by atoms with Crippen molar-refractivity contribution in [3.63, 3.8) is 0 Å². The minimum atomic E-state index is -0.789. The highest BCUT2D eigenvalue weighted by atomic mass is 32.1. The lowest BCUT2D eigenvalue weighted by molar-refractivity contribution is 0.285. The molecular formula is C13H22FNS. The van der Waals surface area contributed by atoms with Gasteiger partial charge in [0, 0.05) is 28.3 Å². The van der Waals surface area contributed by atoms with Crippen LogP contribution in [0.4, 0.5) is 4.39 Å². The predicted molar refractivity (Wildman–Crippen MR) is 70.1 cm³/mol. The molecular weight excluding hydrogens is 221 g/mol. The van der Waals surface area contributed by atoms with Crippen molar-refractivity contribution in [2.24, 2.45) is 0 Å². The Bertz CT molecular complexity index is 314. The number of thiophene rings is 1. The summed E-state index contributed by atoms with van der Waals surface area (Å²) in [6.07, 6.45) is 0.790. The Morgan fingerprint density at radius 3 is 2.44 bits per heavy atom. The first kappa shape index (κ1) is 13.7. The fourth-order valence-corrected chi connectivity index (χ4v) is 2.45. The van der Waals surface area contributed by atoms with Crippen molar-refractivity contribution in [3.8, 4) is 0 Å². The third kappa shape index (κ3) is 5.08. The smallest absolute Gasteiger partial charge is 0.117 e. The molecule has 0 radical (unpaired) electrons. The van der Waals surface area contributed by atoms with E-state index in [1.807, 2.05) is 6.07 Å². The molecule has 1 atom stereocenters. The van der Waals surface area contributed by atoms with Crippen LogP contribution in [-0.2, 0) is 12.8 Å². The zero-order chi connectivity index (χ0) is 12.2. The molecule has 0 aromatic carbocycles. The van der Waals surface area contributed by atoms with Crippen molar-refractivity contribution in [3.05, 3.63) is 21.9 Å². The Balaban J connectivity index is 2.36. The molecule has 0 amide bonds. The summed E-state index contributed by atoms with van der Waals surface area (Å²) in [5.74, 6) is 0. The summed E-state index contributed by atoms with van der Waals surface area (Å²) >= 11 is 1.73. The maximum atomic E-state index is 13.7. The monoisotopic (exact) mass is 243 g/mol. The molecule has 16 heavy (non-hydrogen) atoms. The number of alkyl halides is 1. The maximum absolute atomic E-state index is 13.7. The molecule has 0 bridgehead atoms. The van der Waals surface area contributed by atoms with E-state index in [0.717, 1.165) is 11.3 Å². The average molecular weight is 243 g/mol. The number of hydrogen-bond donors (Lipinski definition) is 1. The van der Waals surface area contributed by atoms with Crippen molar-refractivity contribution in [2.75, 3.05) is 6.54 Å². The molecule has 1 unspecified atom stereocenters. The van der Waals surface area contributed by atoms with Gasteiger partial charge in [0.1, 0.15) is 6.17 Å². The Hall–Kier alpha value is -0.410. The van der Waals surface area contributed by atoms with Crippen LogP contribution in [0.3, 0.4) is 0 Å². The van der Waals surface area contributed by atoms with Crippen LogP contribution in [0.1, 0.15) is 37.4 Å². The number of halogens is 1. The summed E-state index contributed by atoms with van der Waals surface area (Å²) in [6, 6.07) is 4.15. The predicted octanol–water partition coefficient (Wildman–Crippen LogP) is 3.58. The van der Waals surface area contributed by atoms with Gasteiger partial charge in [0.15, 0.2) is 0 Å². The molecule has 3 heteroatoms. The van der Waals surface area contributed by atoms with Crippen LogP contribution in [0.2, 0.25) is 0 Å². The van der Waals surface area contributed by atoms with E-state index < -0.39 is 6.17 Å². The third-order valence-corrected chi connectivity index (χ3v) is 3.59. The van der Waals surface area contributed by atoms with Gasteiger partial charge >= 0.3 is 0 Å².